The fourth-order valence-corrected chi connectivity index (χ4v) is 3.91. The molecule has 0 saturated carbocycles. The second-order valence-electron chi connectivity index (χ2n) is 4.64. The van der Waals surface area contributed by atoms with Crippen LogP contribution in [-0.2, 0) is 4.79 Å². The fourth-order valence-electron chi connectivity index (χ4n) is 1.84. The second-order valence-corrected chi connectivity index (χ2v) is 7.50. The van der Waals surface area contributed by atoms with Crippen molar-refractivity contribution in [2.75, 3.05) is 11.2 Å². The molecule has 124 valence electrons. The van der Waals surface area contributed by atoms with E-state index in [1.165, 1.54) is 35.2 Å². The minimum absolute atomic E-state index is 0.186. The lowest BCUT2D eigenvalue weighted by atomic mass is 10.3. The molecule has 3 rings (SSSR count). The number of hydrogen-bond acceptors (Lipinski definition) is 5. The van der Waals surface area contributed by atoms with Crippen LogP contribution in [0.4, 0.5) is 9.52 Å². The summed E-state index contributed by atoms with van der Waals surface area (Å²) in [5.41, 5.74) is 5.90. The van der Waals surface area contributed by atoms with Gasteiger partial charge < -0.3 is 0 Å². The summed E-state index contributed by atoms with van der Waals surface area (Å²) in [5.74, 6) is -0.357. The van der Waals surface area contributed by atoms with E-state index in [0.717, 1.165) is 9.60 Å². The Kier molecular flexibility index (Phi) is 5.45. The van der Waals surface area contributed by atoms with Gasteiger partial charge in [0.05, 0.1) is 20.5 Å². The highest BCUT2D eigenvalue weighted by molar-refractivity contribution is 8.00. The van der Waals surface area contributed by atoms with Gasteiger partial charge in [-0.25, -0.2) is 9.37 Å². The van der Waals surface area contributed by atoms with Gasteiger partial charge in [0.1, 0.15) is 11.3 Å². The molecule has 1 aromatic heterocycles. The second kappa shape index (κ2) is 7.57. The molecule has 0 fully saturated rings. The average Bonchev–Trinajstić information content (AvgIpc) is 3.01. The molecule has 0 saturated heterocycles. The third-order valence-electron chi connectivity index (χ3n) is 2.94. The normalized spacial score (nSPS) is 10.8. The van der Waals surface area contributed by atoms with Crippen molar-refractivity contribution in [2.24, 2.45) is 0 Å². The van der Waals surface area contributed by atoms with Crippen LogP contribution in [0.5, 0.6) is 0 Å². The van der Waals surface area contributed by atoms with Crippen molar-refractivity contribution in [3.8, 4) is 0 Å². The maximum atomic E-state index is 12.8. The van der Waals surface area contributed by atoms with Gasteiger partial charge >= 0.3 is 0 Å². The number of hydrazine groups is 1. The van der Waals surface area contributed by atoms with Gasteiger partial charge in [-0.3, -0.25) is 15.6 Å². The molecule has 0 atom stereocenters. The number of thioether (sulfide) groups is 1. The molecule has 2 N–H and O–H groups in total. The van der Waals surface area contributed by atoms with Crippen molar-refractivity contribution < 1.29 is 9.18 Å². The standard InChI is InChI=1S/C15H10Cl2FN3OS2/c16-10-5-6-11(17)14-13(10)19-15(24-14)21-20-12(22)7-23-9-3-1-8(18)2-4-9/h1-6H,7H2,(H,19,21)(H,20,22). The highest BCUT2D eigenvalue weighted by Crippen LogP contribution is 2.35. The number of aromatic nitrogens is 1. The molecular formula is C15H10Cl2FN3OS2. The highest BCUT2D eigenvalue weighted by Gasteiger charge is 2.11. The van der Waals surface area contributed by atoms with Crippen LogP contribution >= 0.6 is 46.3 Å². The molecule has 4 nitrogen and oxygen atoms in total. The number of nitrogens with zero attached hydrogens (tertiary/aromatic N) is 1. The van der Waals surface area contributed by atoms with E-state index < -0.39 is 0 Å². The third-order valence-corrected chi connectivity index (χ3v) is 5.69. The van der Waals surface area contributed by atoms with E-state index in [2.05, 4.69) is 15.8 Å². The third kappa shape index (κ3) is 4.10. The van der Waals surface area contributed by atoms with Crippen LogP contribution < -0.4 is 10.9 Å². The lowest BCUT2D eigenvalue weighted by Gasteiger charge is -2.05. The molecular weight excluding hydrogens is 392 g/mol. The molecule has 0 radical (unpaired) electrons. The topological polar surface area (TPSA) is 54.0 Å². The van der Waals surface area contributed by atoms with Crippen LogP contribution in [0.25, 0.3) is 10.2 Å². The van der Waals surface area contributed by atoms with E-state index in [1.807, 2.05) is 0 Å². The Hall–Kier alpha value is -1.54. The first kappa shape index (κ1) is 17.3. The summed E-state index contributed by atoms with van der Waals surface area (Å²) in [7, 11) is 0. The molecule has 0 bridgehead atoms. The first-order valence-corrected chi connectivity index (χ1v) is 9.26. The SMILES string of the molecule is O=C(CSc1ccc(F)cc1)NNc1nc2c(Cl)ccc(Cl)c2s1. The Morgan fingerprint density at radius 1 is 1.17 bits per heavy atom. The van der Waals surface area contributed by atoms with Gasteiger partial charge in [-0.15, -0.1) is 11.8 Å². The van der Waals surface area contributed by atoms with Crippen LogP contribution in [0.1, 0.15) is 0 Å². The van der Waals surface area contributed by atoms with E-state index >= 15 is 0 Å². The summed E-state index contributed by atoms with van der Waals surface area (Å²) < 4.78 is 13.6. The number of nitrogens with one attached hydrogen (secondary N) is 2. The monoisotopic (exact) mass is 401 g/mol. The van der Waals surface area contributed by atoms with Gasteiger partial charge in [-0.1, -0.05) is 34.5 Å². The number of anilines is 1. The van der Waals surface area contributed by atoms with Crippen molar-refractivity contribution in [3.63, 3.8) is 0 Å². The molecule has 24 heavy (non-hydrogen) atoms. The number of carbonyl (C=O) groups excluding carboxylic acids is 1. The van der Waals surface area contributed by atoms with Crippen LogP contribution in [0.3, 0.4) is 0 Å². The van der Waals surface area contributed by atoms with Gasteiger partial charge in [-0.05, 0) is 36.4 Å². The summed E-state index contributed by atoms with van der Waals surface area (Å²) in [5, 5.41) is 1.54. The Balaban J connectivity index is 1.57. The highest BCUT2D eigenvalue weighted by atomic mass is 35.5. The minimum Gasteiger partial charge on any atom is -0.273 e. The zero-order valence-corrected chi connectivity index (χ0v) is 15.1. The maximum Gasteiger partial charge on any atom is 0.248 e. The van der Waals surface area contributed by atoms with Crippen LogP contribution in [-0.4, -0.2) is 16.6 Å². The first-order valence-electron chi connectivity index (χ1n) is 6.70. The van der Waals surface area contributed by atoms with E-state index in [1.54, 1.807) is 24.3 Å². The van der Waals surface area contributed by atoms with E-state index in [-0.39, 0.29) is 17.5 Å². The number of halogens is 3. The van der Waals surface area contributed by atoms with Crippen LogP contribution in [0, 0.1) is 5.82 Å². The predicted octanol–water partition coefficient (Wildman–Crippen LogP) is 4.98. The number of carbonyl (C=O) groups is 1. The quantitative estimate of drug-likeness (QED) is 0.467. The molecule has 0 unspecified atom stereocenters. The Morgan fingerprint density at radius 3 is 2.58 bits per heavy atom. The fraction of sp³-hybridized carbons (Fsp3) is 0.0667. The van der Waals surface area contributed by atoms with E-state index in [4.69, 9.17) is 23.2 Å². The van der Waals surface area contributed by atoms with Gasteiger partial charge in [-0.2, -0.15) is 0 Å². The van der Waals surface area contributed by atoms with E-state index in [9.17, 15) is 9.18 Å². The number of amides is 1. The molecule has 1 heterocycles. The van der Waals surface area contributed by atoms with Gasteiger partial charge in [0, 0.05) is 4.90 Å². The van der Waals surface area contributed by atoms with Crippen molar-refractivity contribution in [1.29, 1.82) is 0 Å². The Labute approximate surface area is 155 Å². The average molecular weight is 402 g/mol. The van der Waals surface area contributed by atoms with Crippen molar-refractivity contribution >= 4 is 67.6 Å². The lowest BCUT2D eigenvalue weighted by molar-refractivity contribution is -0.118. The van der Waals surface area contributed by atoms with Crippen molar-refractivity contribution in [1.82, 2.24) is 10.4 Å². The zero-order chi connectivity index (χ0) is 17.1. The van der Waals surface area contributed by atoms with Crippen LogP contribution in [0.15, 0.2) is 41.3 Å². The number of rotatable bonds is 5. The number of thiazole rings is 1. The first-order chi connectivity index (χ1) is 11.5. The molecule has 1 amide bonds. The van der Waals surface area contributed by atoms with Crippen molar-refractivity contribution in [2.45, 2.75) is 4.90 Å². The number of benzene rings is 2. The Bertz CT molecular complexity index is 847. The minimum atomic E-state index is -0.307. The summed E-state index contributed by atoms with van der Waals surface area (Å²) in [6.45, 7) is 0. The van der Waals surface area contributed by atoms with Gasteiger partial charge in [0.25, 0.3) is 0 Å². The van der Waals surface area contributed by atoms with E-state index in [0.29, 0.717) is 20.7 Å². The Morgan fingerprint density at radius 2 is 1.88 bits per heavy atom. The molecule has 9 heteroatoms. The maximum absolute atomic E-state index is 12.8. The lowest BCUT2D eigenvalue weighted by Crippen LogP contribution is -2.30. The smallest absolute Gasteiger partial charge is 0.248 e. The van der Waals surface area contributed by atoms with Crippen LogP contribution in [0.2, 0.25) is 10.0 Å². The van der Waals surface area contributed by atoms with Gasteiger partial charge in [0.2, 0.25) is 11.0 Å². The molecule has 0 aliphatic carbocycles. The largest absolute Gasteiger partial charge is 0.273 e. The summed E-state index contributed by atoms with van der Waals surface area (Å²) >= 11 is 14.8. The molecule has 2 aromatic carbocycles. The molecule has 0 spiro atoms. The molecule has 0 aliphatic rings. The summed E-state index contributed by atoms with van der Waals surface area (Å²) in [4.78, 5) is 17.0. The number of hydrogen-bond donors (Lipinski definition) is 2. The predicted molar refractivity (Wildman–Crippen MR) is 98.5 cm³/mol. The van der Waals surface area contributed by atoms with Crippen molar-refractivity contribution in [3.05, 3.63) is 52.3 Å². The zero-order valence-electron chi connectivity index (χ0n) is 12.0. The summed E-state index contributed by atoms with van der Waals surface area (Å²) in [6, 6.07) is 9.33. The summed E-state index contributed by atoms with van der Waals surface area (Å²) in [6.07, 6.45) is 0. The number of fused-ring (bicyclic) bond motifs is 1. The van der Waals surface area contributed by atoms with Gasteiger partial charge in [0.15, 0.2) is 0 Å². The molecule has 3 aromatic rings. The molecule has 0 aliphatic heterocycles.